The molecule has 0 saturated heterocycles. The largest absolute Gasteiger partial charge is 0.0843 e. The zero-order valence-electron chi connectivity index (χ0n) is 10.5. The molecular weight excluding hydrogens is 275 g/mol. The van der Waals surface area contributed by atoms with Gasteiger partial charge in [-0.25, -0.2) is 0 Å². The minimum Gasteiger partial charge on any atom is -0.0843 e. The van der Waals surface area contributed by atoms with E-state index in [0.717, 1.165) is 22.9 Å². The average Bonchev–Trinajstić information content (AvgIpc) is 2.94. The highest BCUT2D eigenvalue weighted by atomic mass is 35.5. The Kier molecular flexibility index (Phi) is 2.49. The van der Waals surface area contributed by atoms with Gasteiger partial charge in [-0.2, -0.15) is 0 Å². The molecule has 4 rings (SSSR count). The first-order chi connectivity index (χ1) is 9.19. The van der Waals surface area contributed by atoms with E-state index >= 15 is 0 Å². The molecule has 2 heteroatoms. The van der Waals surface area contributed by atoms with E-state index in [2.05, 4.69) is 24.3 Å². The second-order valence-corrected chi connectivity index (χ2v) is 6.56. The summed E-state index contributed by atoms with van der Waals surface area (Å²) in [6, 6.07) is 12.7. The number of aryl methyl sites for hydroxylation is 2. The molecular formula is C17H14Cl2. The predicted molar refractivity (Wildman–Crippen MR) is 80.3 cm³/mol. The number of hydrogen-bond donors (Lipinski definition) is 0. The van der Waals surface area contributed by atoms with Crippen molar-refractivity contribution in [3.63, 3.8) is 0 Å². The zero-order valence-corrected chi connectivity index (χ0v) is 12.1. The summed E-state index contributed by atoms with van der Waals surface area (Å²) in [6.07, 6.45) is 4.68. The second kappa shape index (κ2) is 4.01. The molecule has 0 saturated carbocycles. The number of benzene rings is 2. The predicted octanol–water partition coefficient (Wildman–Crippen LogP) is 5.17. The van der Waals surface area contributed by atoms with Gasteiger partial charge in [-0.1, -0.05) is 35.3 Å². The lowest BCUT2D eigenvalue weighted by molar-refractivity contribution is 0.507. The zero-order chi connectivity index (χ0) is 13.0. The SMILES string of the molecule is Clc1ccc2c(c1)C1(CC2)CCc2ccc(Cl)cc21. The first-order valence-electron chi connectivity index (χ1n) is 6.77. The van der Waals surface area contributed by atoms with Crippen LogP contribution in [0.5, 0.6) is 0 Å². The summed E-state index contributed by atoms with van der Waals surface area (Å²) < 4.78 is 0. The summed E-state index contributed by atoms with van der Waals surface area (Å²) in [5, 5.41) is 1.69. The third kappa shape index (κ3) is 1.60. The Morgan fingerprint density at radius 1 is 0.737 bits per heavy atom. The van der Waals surface area contributed by atoms with Crippen LogP contribution in [0.15, 0.2) is 36.4 Å². The van der Waals surface area contributed by atoms with Crippen molar-refractivity contribution < 1.29 is 0 Å². The van der Waals surface area contributed by atoms with Crippen molar-refractivity contribution in [1.29, 1.82) is 0 Å². The standard InChI is InChI=1S/C17H14Cl2/c18-13-3-1-11-5-7-17(15(11)9-13)8-6-12-2-4-14(19)10-16(12)17/h1-4,9-10H,5-8H2. The number of fused-ring (bicyclic) bond motifs is 4. The molecule has 96 valence electrons. The molecule has 2 aromatic rings. The molecule has 1 spiro atoms. The first-order valence-corrected chi connectivity index (χ1v) is 7.52. The molecule has 0 nitrogen and oxygen atoms in total. The van der Waals surface area contributed by atoms with Gasteiger partial charge in [0, 0.05) is 15.5 Å². The maximum atomic E-state index is 6.22. The molecule has 0 unspecified atom stereocenters. The van der Waals surface area contributed by atoms with Gasteiger partial charge >= 0.3 is 0 Å². The average molecular weight is 289 g/mol. The van der Waals surface area contributed by atoms with Gasteiger partial charge in [0.1, 0.15) is 0 Å². The van der Waals surface area contributed by atoms with Crippen molar-refractivity contribution in [1.82, 2.24) is 0 Å². The quantitative estimate of drug-likeness (QED) is 0.627. The van der Waals surface area contributed by atoms with Crippen LogP contribution in [-0.2, 0) is 18.3 Å². The lowest BCUT2D eigenvalue weighted by Gasteiger charge is -2.27. The first kappa shape index (κ1) is 11.8. The third-order valence-corrected chi connectivity index (χ3v) is 5.29. The second-order valence-electron chi connectivity index (χ2n) is 5.69. The van der Waals surface area contributed by atoms with Crippen LogP contribution in [0.1, 0.15) is 35.1 Å². The molecule has 0 aromatic heterocycles. The fourth-order valence-corrected chi connectivity index (χ4v) is 4.27. The smallest absolute Gasteiger partial charge is 0.0409 e. The van der Waals surface area contributed by atoms with Crippen LogP contribution < -0.4 is 0 Å². The van der Waals surface area contributed by atoms with E-state index in [9.17, 15) is 0 Å². The van der Waals surface area contributed by atoms with Gasteiger partial charge in [0.05, 0.1) is 0 Å². The lowest BCUT2D eigenvalue weighted by Crippen LogP contribution is -2.21. The minimum atomic E-state index is 0.167. The monoisotopic (exact) mass is 288 g/mol. The fraction of sp³-hybridized carbons (Fsp3) is 0.294. The molecule has 0 amide bonds. The van der Waals surface area contributed by atoms with E-state index in [-0.39, 0.29) is 5.41 Å². The Labute approximate surface area is 123 Å². The molecule has 0 atom stereocenters. The Bertz CT molecular complexity index is 613. The van der Waals surface area contributed by atoms with Gasteiger partial charge in [-0.05, 0) is 72.2 Å². The van der Waals surface area contributed by atoms with Gasteiger partial charge in [0.15, 0.2) is 0 Å². The van der Waals surface area contributed by atoms with E-state index in [1.807, 2.05) is 12.1 Å². The van der Waals surface area contributed by atoms with Crippen molar-refractivity contribution in [3.05, 3.63) is 68.7 Å². The van der Waals surface area contributed by atoms with Crippen LogP contribution in [0.2, 0.25) is 10.0 Å². The van der Waals surface area contributed by atoms with Gasteiger partial charge in [0.2, 0.25) is 0 Å². The Morgan fingerprint density at radius 3 is 1.68 bits per heavy atom. The van der Waals surface area contributed by atoms with E-state index in [1.165, 1.54) is 35.1 Å². The molecule has 0 radical (unpaired) electrons. The van der Waals surface area contributed by atoms with Crippen molar-refractivity contribution in [2.45, 2.75) is 31.1 Å². The van der Waals surface area contributed by atoms with Crippen LogP contribution >= 0.6 is 23.2 Å². The number of halogens is 2. The summed E-state index contributed by atoms with van der Waals surface area (Å²) in [4.78, 5) is 0. The third-order valence-electron chi connectivity index (χ3n) is 4.82. The van der Waals surface area contributed by atoms with Gasteiger partial charge in [-0.15, -0.1) is 0 Å². The molecule has 0 aliphatic heterocycles. The van der Waals surface area contributed by atoms with E-state index in [0.29, 0.717) is 0 Å². The summed E-state index contributed by atoms with van der Waals surface area (Å²) >= 11 is 12.4. The highest BCUT2D eigenvalue weighted by Crippen LogP contribution is 2.53. The molecule has 0 fully saturated rings. The number of rotatable bonds is 0. The highest BCUT2D eigenvalue weighted by Gasteiger charge is 2.44. The highest BCUT2D eigenvalue weighted by molar-refractivity contribution is 6.31. The molecule has 0 bridgehead atoms. The lowest BCUT2D eigenvalue weighted by atomic mass is 9.77. The van der Waals surface area contributed by atoms with Crippen molar-refractivity contribution in [2.75, 3.05) is 0 Å². The van der Waals surface area contributed by atoms with Gasteiger partial charge in [0.25, 0.3) is 0 Å². The van der Waals surface area contributed by atoms with Crippen LogP contribution in [-0.4, -0.2) is 0 Å². The van der Waals surface area contributed by atoms with E-state index in [4.69, 9.17) is 23.2 Å². The summed E-state index contributed by atoms with van der Waals surface area (Å²) in [6.45, 7) is 0. The molecule has 2 aliphatic rings. The molecule has 2 aliphatic carbocycles. The molecule has 0 N–H and O–H groups in total. The Hall–Kier alpha value is -0.980. The van der Waals surface area contributed by atoms with Gasteiger partial charge < -0.3 is 0 Å². The van der Waals surface area contributed by atoms with Crippen LogP contribution in [0.25, 0.3) is 0 Å². The van der Waals surface area contributed by atoms with Crippen LogP contribution in [0, 0.1) is 0 Å². The van der Waals surface area contributed by atoms with Crippen LogP contribution in [0.3, 0.4) is 0 Å². The molecule has 2 aromatic carbocycles. The van der Waals surface area contributed by atoms with Crippen LogP contribution in [0.4, 0.5) is 0 Å². The fourth-order valence-electron chi connectivity index (χ4n) is 3.93. The summed E-state index contributed by atoms with van der Waals surface area (Å²) in [7, 11) is 0. The summed E-state index contributed by atoms with van der Waals surface area (Å²) in [5.74, 6) is 0. The molecule has 19 heavy (non-hydrogen) atoms. The minimum absolute atomic E-state index is 0.167. The van der Waals surface area contributed by atoms with E-state index < -0.39 is 0 Å². The van der Waals surface area contributed by atoms with Crippen molar-refractivity contribution in [2.24, 2.45) is 0 Å². The maximum absolute atomic E-state index is 6.22. The van der Waals surface area contributed by atoms with Crippen molar-refractivity contribution >= 4 is 23.2 Å². The Morgan fingerprint density at radius 2 is 1.21 bits per heavy atom. The normalized spacial score (nSPS) is 18.6. The van der Waals surface area contributed by atoms with Gasteiger partial charge in [-0.3, -0.25) is 0 Å². The summed E-state index contributed by atoms with van der Waals surface area (Å²) in [5.41, 5.74) is 5.94. The molecule has 0 heterocycles. The maximum Gasteiger partial charge on any atom is 0.0409 e. The van der Waals surface area contributed by atoms with E-state index in [1.54, 1.807) is 0 Å². The van der Waals surface area contributed by atoms with Crippen molar-refractivity contribution in [3.8, 4) is 0 Å². The Balaban J connectivity index is 1.97. The number of hydrogen-bond acceptors (Lipinski definition) is 0. The topological polar surface area (TPSA) is 0 Å².